The molecular formula is C13H7F3N2OS. The molecule has 0 radical (unpaired) electrons. The molecule has 7 heteroatoms. The molecule has 0 amide bonds. The Bertz CT molecular complexity index is 632. The van der Waals surface area contributed by atoms with Gasteiger partial charge in [-0.15, -0.1) is 0 Å². The van der Waals surface area contributed by atoms with Gasteiger partial charge in [0.1, 0.15) is 5.75 Å². The molecule has 0 aliphatic rings. The molecule has 2 rings (SSSR count). The third-order valence-electron chi connectivity index (χ3n) is 2.30. The number of hydrogen-bond acceptors (Lipinski definition) is 4. The first-order valence-electron chi connectivity index (χ1n) is 5.38. The van der Waals surface area contributed by atoms with Gasteiger partial charge in [0.25, 0.3) is 0 Å². The number of pyridine rings is 1. The summed E-state index contributed by atoms with van der Waals surface area (Å²) in [4.78, 5) is 7.37. The van der Waals surface area contributed by atoms with Crippen LogP contribution in [0.4, 0.5) is 18.9 Å². The summed E-state index contributed by atoms with van der Waals surface area (Å²) < 4.78 is 42.4. The van der Waals surface area contributed by atoms with Gasteiger partial charge in [0.2, 0.25) is 5.88 Å². The highest BCUT2D eigenvalue weighted by Gasteiger charge is 2.30. The zero-order valence-electron chi connectivity index (χ0n) is 9.89. The number of hydrogen-bond donors (Lipinski definition) is 0. The van der Waals surface area contributed by atoms with Gasteiger partial charge in [0.05, 0.1) is 16.4 Å². The summed E-state index contributed by atoms with van der Waals surface area (Å²) in [6, 6.07) is 8.55. The molecule has 1 aromatic heterocycles. The largest absolute Gasteiger partial charge is 0.439 e. The maximum Gasteiger partial charge on any atom is 0.417 e. The molecule has 3 nitrogen and oxygen atoms in total. The number of rotatable bonds is 3. The number of ether oxygens (including phenoxy) is 1. The van der Waals surface area contributed by atoms with Crippen LogP contribution in [0.2, 0.25) is 0 Å². The number of thiocarbonyl (C=S) groups is 1. The summed E-state index contributed by atoms with van der Waals surface area (Å²) in [5.74, 6) is 0.504. The Kier molecular flexibility index (Phi) is 4.12. The van der Waals surface area contributed by atoms with Crippen LogP contribution in [0.15, 0.2) is 47.6 Å². The molecule has 0 unspecified atom stereocenters. The second-order valence-corrected chi connectivity index (χ2v) is 3.86. The number of aromatic nitrogens is 1. The Morgan fingerprint density at radius 1 is 1.10 bits per heavy atom. The molecular weight excluding hydrogens is 289 g/mol. The van der Waals surface area contributed by atoms with Crippen molar-refractivity contribution in [3.63, 3.8) is 0 Å². The molecule has 0 fully saturated rings. The summed E-state index contributed by atoms with van der Waals surface area (Å²) >= 11 is 4.46. The average molecular weight is 296 g/mol. The second-order valence-electron chi connectivity index (χ2n) is 3.68. The molecule has 2 aromatic rings. The van der Waals surface area contributed by atoms with Crippen molar-refractivity contribution in [3.8, 4) is 11.6 Å². The molecule has 20 heavy (non-hydrogen) atoms. The van der Waals surface area contributed by atoms with E-state index in [4.69, 9.17) is 4.74 Å². The Labute approximate surface area is 117 Å². The summed E-state index contributed by atoms with van der Waals surface area (Å²) in [5, 5.41) is 2.22. The third-order valence-corrected chi connectivity index (χ3v) is 2.39. The van der Waals surface area contributed by atoms with E-state index in [2.05, 4.69) is 27.4 Å². The lowest BCUT2D eigenvalue weighted by molar-refractivity contribution is -0.137. The van der Waals surface area contributed by atoms with E-state index in [0.717, 1.165) is 18.3 Å². The first-order chi connectivity index (χ1) is 9.49. The van der Waals surface area contributed by atoms with Crippen LogP contribution in [0.1, 0.15) is 5.56 Å². The quantitative estimate of drug-likeness (QED) is 0.612. The third kappa shape index (κ3) is 3.63. The van der Waals surface area contributed by atoms with Gasteiger partial charge in [-0.25, -0.2) is 4.98 Å². The number of benzene rings is 1. The zero-order chi connectivity index (χ0) is 14.6. The van der Waals surface area contributed by atoms with E-state index in [1.165, 1.54) is 0 Å². The minimum Gasteiger partial charge on any atom is -0.439 e. The van der Waals surface area contributed by atoms with Gasteiger partial charge in [-0.2, -0.15) is 18.2 Å². The average Bonchev–Trinajstić information content (AvgIpc) is 2.41. The van der Waals surface area contributed by atoms with Gasteiger partial charge in [-0.3, -0.25) is 0 Å². The van der Waals surface area contributed by atoms with E-state index >= 15 is 0 Å². The highest BCUT2D eigenvalue weighted by atomic mass is 32.1. The van der Waals surface area contributed by atoms with E-state index in [0.29, 0.717) is 11.4 Å². The van der Waals surface area contributed by atoms with Crippen LogP contribution in [0, 0.1) is 0 Å². The fourth-order valence-corrected chi connectivity index (χ4v) is 1.48. The summed E-state index contributed by atoms with van der Waals surface area (Å²) in [5.41, 5.74) is -0.219. The molecule has 0 saturated carbocycles. The van der Waals surface area contributed by atoms with Crippen molar-refractivity contribution in [2.45, 2.75) is 6.18 Å². The van der Waals surface area contributed by atoms with Crippen molar-refractivity contribution in [1.29, 1.82) is 0 Å². The second kappa shape index (κ2) is 5.81. The number of isothiocyanates is 1. The van der Waals surface area contributed by atoms with Crippen molar-refractivity contribution >= 4 is 23.1 Å². The van der Waals surface area contributed by atoms with Crippen molar-refractivity contribution < 1.29 is 17.9 Å². The SMILES string of the molecule is FC(F)(F)c1ccc(Oc2ccc(N=C=S)cc2)nc1. The maximum atomic E-state index is 12.4. The summed E-state index contributed by atoms with van der Waals surface area (Å²) in [6.07, 6.45) is -3.69. The van der Waals surface area contributed by atoms with Gasteiger partial charge in [0.15, 0.2) is 0 Å². The van der Waals surface area contributed by atoms with Crippen molar-refractivity contribution in [2.75, 3.05) is 0 Å². The molecule has 1 aromatic carbocycles. The monoisotopic (exact) mass is 296 g/mol. The Morgan fingerprint density at radius 2 is 1.80 bits per heavy atom. The van der Waals surface area contributed by atoms with Gasteiger partial charge in [-0.1, -0.05) is 0 Å². The van der Waals surface area contributed by atoms with Crippen molar-refractivity contribution in [3.05, 3.63) is 48.2 Å². The maximum absolute atomic E-state index is 12.4. The first-order valence-corrected chi connectivity index (χ1v) is 5.79. The van der Waals surface area contributed by atoms with Crippen molar-refractivity contribution in [2.24, 2.45) is 4.99 Å². The molecule has 0 atom stereocenters. The smallest absolute Gasteiger partial charge is 0.417 e. The topological polar surface area (TPSA) is 34.5 Å². The van der Waals surface area contributed by atoms with E-state index in [1.54, 1.807) is 24.3 Å². The van der Waals surface area contributed by atoms with Crippen LogP contribution in [-0.2, 0) is 6.18 Å². The Hall–Kier alpha value is -2.24. The normalized spacial score (nSPS) is 10.8. The molecule has 102 valence electrons. The first kappa shape index (κ1) is 14.2. The number of halogens is 3. The standard InChI is InChI=1S/C13H7F3N2OS/c14-13(15,16)9-1-6-12(17-7-9)19-11-4-2-10(3-5-11)18-8-20/h1-7H. The molecule has 0 bridgehead atoms. The summed E-state index contributed by atoms with van der Waals surface area (Å²) in [6.45, 7) is 0. The van der Waals surface area contributed by atoms with E-state index in [-0.39, 0.29) is 5.88 Å². The minimum atomic E-state index is -4.41. The van der Waals surface area contributed by atoms with Crippen LogP contribution in [0.25, 0.3) is 0 Å². The van der Waals surface area contributed by atoms with Crippen LogP contribution < -0.4 is 4.74 Å². The van der Waals surface area contributed by atoms with Gasteiger partial charge >= 0.3 is 6.18 Å². The molecule has 0 saturated heterocycles. The highest BCUT2D eigenvalue weighted by molar-refractivity contribution is 7.78. The fourth-order valence-electron chi connectivity index (χ4n) is 1.37. The molecule has 0 N–H and O–H groups in total. The molecule has 0 aliphatic carbocycles. The highest BCUT2D eigenvalue weighted by Crippen LogP contribution is 2.30. The Morgan fingerprint density at radius 3 is 2.30 bits per heavy atom. The van der Waals surface area contributed by atoms with Crippen LogP contribution in [-0.4, -0.2) is 10.1 Å². The minimum absolute atomic E-state index is 0.0732. The predicted molar refractivity (Wildman–Crippen MR) is 70.4 cm³/mol. The van der Waals surface area contributed by atoms with E-state index < -0.39 is 11.7 Å². The lowest BCUT2D eigenvalue weighted by Crippen LogP contribution is -2.05. The molecule has 1 heterocycles. The van der Waals surface area contributed by atoms with Gasteiger partial charge < -0.3 is 4.74 Å². The lowest BCUT2D eigenvalue weighted by Gasteiger charge is -2.08. The van der Waals surface area contributed by atoms with Gasteiger partial charge in [-0.05, 0) is 42.5 Å². The van der Waals surface area contributed by atoms with E-state index in [9.17, 15) is 13.2 Å². The number of alkyl halides is 3. The Balaban J connectivity index is 2.12. The predicted octanol–water partition coefficient (Wildman–Crippen LogP) is 4.63. The fraction of sp³-hybridized carbons (Fsp3) is 0.0769. The molecule has 0 spiro atoms. The van der Waals surface area contributed by atoms with E-state index in [1.807, 2.05) is 0 Å². The lowest BCUT2D eigenvalue weighted by atomic mass is 10.3. The van der Waals surface area contributed by atoms with Crippen molar-refractivity contribution in [1.82, 2.24) is 4.98 Å². The molecule has 0 aliphatic heterocycles. The van der Waals surface area contributed by atoms with Crippen LogP contribution >= 0.6 is 12.2 Å². The van der Waals surface area contributed by atoms with Crippen LogP contribution in [0.3, 0.4) is 0 Å². The zero-order valence-corrected chi connectivity index (χ0v) is 10.7. The van der Waals surface area contributed by atoms with Crippen LogP contribution in [0.5, 0.6) is 11.6 Å². The number of aliphatic imine (C=N–C) groups is 1. The number of nitrogens with zero attached hydrogens (tertiary/aromatic N) is 2. The van der Waals surface area contributed by atoms with Gasteiger partial charge in [0, 0.05) is 12.3 Å². The summed E-state index contributed by atoms with van der Waals surface area (Å²) in [7, 11) is 0.